The molecule has 0 atom stereocenters. The molecule has 5 nitrogen and oxygen atoms in total. The van der Waals surface area contributed by atoms with Crippen LogP contribution in [0.1, 0.15) is 6.92 Å². The molecule has 0 unspecified atom stereocenters. The van der Waals surface area contributed by atoms with Crippen LogP contribution in [0.4, 0.5) is 0 Å². The third-order valence-corrected chi connectivity index (χ3v) is 1.99. The molecule has 94 valence electrons. The smallest absolute Gasteiger partial charge is 0.341 e. The Morgan fingerprint density at radius 1 is 1.24 bits per heavy atom. The van der Waals surface area contributed by atoms with Crippen LogP contribution in [0.25, 0.3) is 0 Å². The van der Waals surface area contributed by atoms with Crippen molar-refractivity contribution in [3.8, 4) is 5.75 Å². The molecular weight excluding hydrogens is 271 g/mol. The summed E-state index contributed by atoms with van der Waals surface area (Å²) >= 11 is 11.3. The molecule has 0 aliphatic carbocycles. The highest BCUT2D eigenvalue weighted by molar-refractivity contribution is 6.42. The average molecular weight is 281 g/mol. The van der Waals surface area contributed by atoms with Crippen molar-refractivity contribution in [3.05, 3.63) is 28.2 Å². The maximum absolute atomic E-state index is 10.1. The van der Waals surface area contributed by atoms with E-state index in [9.17, 15) is 4.79 Å². The van der Waals surface area contributed by atoms with Gasteiger partial charge in [0.1, 0.15) is 5.75 Å². The summed E-state index contributed by atoms with van der Waals surface area (Å²) in [4.78, 5) is 19.1. The molecule has 1 aromatic carbocycles. The molecule has 0 aromatic heterocycles. The van der Waals surface area contributed by atoms with Crippen LogP contribution in [-0.4, -0.2) is 28.8 Å². The van der Waals surface area contributed by atoms with Gasteiger partial charge in [-0.2, -0.15) is 0 Å². The molecule has 1 rings (SSSR count). The lowest BCUT2D eigenvalue weighted by atomic mass is 10.3. The molecule has 2 N–H and O–H groups in total. The first-order valence-electron chi connectivity index (χ1n) is 4.32. The predicted molar refractivity (Wildman–Crippen MR) is 62.9 cm³/mol. The van der Waals surface area contributed by atoms with Gasteiger partial charge in [-0.15, -0.1) is 0 Å². The Morgan fingerprint density at radius 2 is 1.76 bits per heavy atom. The fraction of sp³-hybridized carbons (Fsp3) is 0.200. The summed E-state index contributed by atoms with van der Waals surface area (Å²) in [6.45, 7) is 0.692. The van der Waals surface area contributed by atoms with E-state index >= 15 is 0 Å². The number of halogens is 2. The second-order valence-corrected chi connectivity index (χ2v) is 3.59. The highest BCUT2D eigenvalue weighted by atomic mass is 35.5. The largest absolute Gasteiger partial charge is 0.482 e. The molecule has 0 radical (unpaired) electrons. The zero-order valence-electron chi connectivity index (χ0n) is 8.81. The quantitative estimate of drug-likeness (QED) is 0.889. The van der Waals surface area contributed by atoms with Crippen LogP contribution in [0, 0.1) is 0 Å². The molecule has 0 aliphatic rings. The van der Waals surface area contributed by atoms with Gasteiger partial charge >= 0.3 is 5.97 Å². The summed E-state index contributed by atoms with van der Waals surface area (Å²) in [6, 6.07) is 4.56. The van der Waals surface area contributed by atoms with E-state index in [0.29, 0.717) is 15.8 Å². The molecule has 0 bridgehead atoms. The molecule has 0 saturated heterocycles. The van der Waals surface area contributed by atoms with E-state index in [1.54, 1.807) is 12.1 Å². The van der Waals surface area contributed by atoms with Gasteiger partial charge in [-0.25, -0.2) is 4.79 Å². The number of benzene rings is 1. The lowest BCUT2D eigenvalue weighted by molar-refractivity contribution is -0.139. The lowest BCUT2D eigenvalue weighted by Gasteiger charge is -2.03. The maximum atomic E-state index is 10.1. The molecule has 17 heavy (non-hydrogen) atoms. The number of ether oxygens (including phenoxy) is 1. The van der Waals surface area contributed by atoms with Crippen LogP contribution < -0.4 is 4.74 Å². The minimum atomic E-state index is -1.04. The van der Waals surface area contributed by atoms with Gasteiger partial charge in [0, 0.05) is 13.0 Å². The molecule has 0 heterocycles. The zero-order chi connectivity index (χ0) is 13.4. The SMILES string of the molecule is CC(=O)O.O=C(O)COc1ccc(Cl)c(Cl)c1. The number of hydrogen-bond acceptors (Lipinski definition) is 3. The van der Waals surface area contributed by atoms with Crippen molar-refractivity contribution in [2.45, 2.75) is 6.92 Å². The Balaban J connectivity index is 0.000000557. The Morgan fingerprint density at radius 3 is 2.18 bits per heavy atom. The normalized spacial score (nSPS) is 8.88. The topological polar surface area (TPSA) is 83.8 Å². The average Bonchev–Trinajstić information content (AvgIpc) is 2.19. The first kappa shape index (κ1) is 15.5. The van der Waals surface area contributed by atoms with Gasteiger partial charge in [0.25, 0.3) is 5.97 Å². The van der Waals surface area contributed by atoms with Gasteiger partial charge < -0.3 is 14.9 Å². The maximum Gasteiger partial charge on any atom is 0.341 e. The first-order valence-corrected chi connectivity index (χ1v) is 5.07. The Kier molecular flexibility index (Phi) is 7.09. The fourth-order valence-corrected chi connectivity index (χ4v) is 1.000. The van der Waals surface area contributed by atoms with Crippen molar-refractivity contribution < 1.29 is 24.5 Å². The lowest BCUT2D eigenvalue weighted by Crippen LogP contribution is -2.09. The van der Waals surface area contributed by atoms with E-state index in [1.807, 2.05) is 0 Å². The second kappa shape index (κ2) is 7.76. The Bertz CT molecular complexity index is 402. The van der Waals surface area contributed by atoms with Crippen LogP contribution in [-0.2, 0) is 9.59 Å². The number of hydrogen-bond donors (Lipinski definition) is 2. The molecule has 7 heteroatoms. The summed E-state index contributed by atoms with van der Waals surface area (Å²) in [5.41, 5.74) is 0. The highest BCUT2D eigenvalue weighted by Crippen LogP contribution is 2.26. The van der Waals surface area contributed by atoms with Crippen molar-refractivity contribution in [1.82, 2.24) is 0 Å². The Labute approximate surface area is 108 Å². The first-order chi connectivity index (χ1) is 7.82. The monoisotopic (exact) mass is 280 g/mol. The third-order valence-electron chi connectivity index (χ3n) is 1.25. The van der Waals surface area contributed by atoms with Crippen LogP contribution in [0.3, 0.4) is 0 Å². The summed E-state index contributed by atoms with van der Waals surface area (Å²) in [7, 11) is 0. The number of carboxylic acid groups (broad SMARTS) is 2. The predicted octanol–water partition coefficient (Wildman–Crippen LogP) is 2.55. The van der Waals surface area contributed by atoms with Crippen molar-refractivity contribution in [2.24, 2.45) is 0 Å². The van der Waals surface area contributed by atoms with Crippen LogP contribution in [0.15, 0.2) is 18.2 Å². The highest BCUT2D eigenvalue weighted by Gasteiger charge is 2.02. The van der Waals surface area contributed by atoms with Crippen molar-refractivity contribution in [3.63, 3.8) is 0 Å². The third kappa shape index (κ3) is 8.36. The van der Waals surface area contributed by atoms with Crippen molar-refractivity contribution >= 4 is 35.1 Å². The number of carbonyl (C=O) groups is 2. The number of carboxylic acids is 2. The number of rotatable bonds is 3. The summed E-state index contributed by atoms with van der Waals surface area (Å²) < 4.78 is 4.86. The van der Waals surface area contributed by atoms with Gasteiger partial charge in [-0.05, 0) is 12.1 Å². The number of aliphatic carboxylic acids is 2. The molecule has 1 aromatic rings. The van der Waals surface area contributed by atoms with Gasteiger partial charge in [0.2, 0.25) is 0 Å². The summed E-state index contributed by atoms with van der Waals surface area (Å²) in [5, 5.41) is 16.5. The molecule has 0 spiro atoms. The summed E-state index contributed by atoms with van der Waals surface area (Å²) in [6.07, 6.45) is 0. The summed E-state index contributed by atoms with van der Waals surface area (Å²) in [5.74, 6) is -1.48. The molecule has 0 aliphatic heterocycles. The van der Waals surface area contributed by atoms with Gasteiger partial charge in [0.05, 0.1) is 10.0 Å². The van der Waals surface area contributed by atoms with E-state index < -0.39 is 18.5 Å². The molecule has 0 saturated carbocycles. The van der Waals surface area contributed by atoms with Crippen LogP contribution >= 0.6 is 23.2 Å². The van der Waals surface area contributed by atoms with E-state index in [2.05, 4.69) is 0 Å². The van der Waals surface area contributed by atoms with Crippen LogP contribution in [0.5, 0.6) is 5.75 Å². The zero-order valence-corrected chi connectivity index (χ0v) is 10.3. The van der Waals surface area contributed by atoms with E-state index in [-0.39, 0.29) is 0 Å². The van der Waals surface area contributed by atoms with Gasteiger partial charge in [-0.3, -0.25) is 4.79 Å². The molecular formula is C10H10Cl2O5. The Hall–Kier alpha value is -1.46. The minimum absolute atomic E-state index is 0.338. The van der Waals surface area contributed by atoms with Gasteiger partial charge in [-0.1, -0.05) is 23.2 Å². The second-order valence-electron chi connectivity index (χ2n) is 2.78. The van der Waals surface area contributed by atoms with Crippen molar-refractivity contribution in [2.75, 3.05) is 6.61 Å². The van der Waals surface area contributed by atoms with Crippen LogP contribution in [0.2, 0.25) is 10.0 Å². The van der Waals surface area contributed by atoms with E-state index in [0.717, 1.165) is 6.92 Å². The van der Waals surface area contributed by atoms with Gasteiger partial charge in [0.15, 0.2) is 6.61 Å². The molecule has 0 amide bonds. The van der Waals surface area contributed by atoms with Crippen molar-refractivity contribution in [1.29, 1.82) is 0 Å². The fourth-order valence-electron chi connectivity index (χ4n) is 0.712. The van der Waals surface area contributed by atoms with E-state index in [1.165, 1.54) is 6.07 Å². The van der Waals surface area contributed by atoms with E-state index in [4.69, 9.17) is 42.9 Å². The molecule has 0 fully saturated rings. The standard InChI is InChI=1S/C8H6Cl2O3.C2H4O2/c9-6-2-1-5(3-7(6)10)13-4-8(11)12;1-2(3)4/h1-3H,4H2,(H,11,12);1H3,(H,3,4). The minimum Gasteiger partial charge on any atom is -0.482 e.